The highest BCUT2D eigenvalue weighted by Gasteiger charge is 2.27. The maximum atomic E-state index is 13.6. The van der Waals surface area contributed by atoms with E-state index >= 15 is 0 Å². The third-order valence-corrected chi connectivity index (χ3v) is 5.90. The fraction of sp³-hybridized carbons (Fsp3) is 0.429. The number of nitrogens with zero attached hydrogens (tertiary/aromatic N) is 4. The topological polar surface area (TPSA) is 57.3 Å². The molecule has 6 nitrogen and oxygen atoms in total. The van der Waals surface area contributed by atoms with Crippen molar-refractivity contribution in [2.75, 3.05) is 38.2 Å². The molecule has 2 aromatic heterocycles. The Morgan fingerprint density at radius 3 is 2.97 bits per heavy atom. The average molecular weight is 418 g/mol. The lowest BCUT2D eigenvalue weighted by Crippen LogP contribution is -2.52. The average Bonchev–Trinajstić information content (AvgIpc) is 3.11. The number of aromatic nitrogens is 3. The molecule has 1 fully saturated rings. The molecule has 1 N–H and O–H groups in total. The molecule has 0 radical (unpaired) electrons. The number of piperazine rings is 1. The highest BCUT2D eigenvalue weighted by atomic mass is 35.5. The Morgan fingerprint density at radius 2 is 2.17 bits per heavy atom. The number of aryl methyl sites for hydroxylation is 1. The molecule has 1 saturated heterocycles. The Kier molecular flexibility index (Phi) is 5.87. The van der Waals surface area contributed by atoms with Gasteiger partial charge in [0.25, 0.3) is 0 Å². The zero-order chi connectivity index (χ0) is 20.4. The van der Waals surface area contributed by atoms with E-state index in [0.29, 0.717) is 16.9 Å². The number of halogens is 2. The molecule has 1 unspecified atom stereocenters. The first-order valence-electron chi connectivity index (χ1n) is 9.86. The van der Waals surface area contributed by atoms with Gasteiger partial charge < -0.3 is 14.6 Å². The van der Waals surface area contributed by atoms with Crippen LogP contribution in [0.4, 0.5) is 10.2 Å². The predicted molar refractivity (Wildman–Crippen MR) is 113 cm³/mol. The standard InChI is InChI=1S/C21H25ClFN5O/c1-14-12-28(21-19(29-2)20(22)25-13-26-21)9-8-27(14)7-3-4-15-11-24-18-6-5-16(23)10-17(15)18/h5-6,10-11,13-14,24H,3-4,7-9,12H2,1-2H3. The summed E-state index contributed by atoms with van der Waals surface area (Å²) in [6.07, 6.45) is 5.42. The summed E-state index contributed by atoms with van der Waals surface area (Å²) in [6, 6.07) is 5.28. The number of benzene rings is 1. The van der Waals surface area contributed by atoms with Crippen LogP contribution in [0.5, 0.6) is 5.75 Å². The molecule has 0 spiro atoms. The molecular formula is C21H25ClFN5O. The number of rotatable bonds is 6. The summed E-state index contributed by atoms with van der Waals surface area (Å²) >= 11 is 6.14. The van der Waals surface area contributed by atoms with Crippen LogP contribution in [0.2, 0.25) is 5.15 Å². The van der Waals surface area contributed by atoms with E-state index in [9.17, 15) is 4.39 Å². The fourth-order valence-electron chi connectivity index (χ4n) is 4.09. The van der Waals surface area contributed by atoms with Gasteiger partial charge in [-0.15, -0.1) is 0 Å². The fourth-order valence-corrected chi connectivity index (χ4v) is 4.30. The minimum Gasteiger partial charge on any atom is -0.490 e. The van der Waals surface area contributed by atoms with Gasteiger partial charge in [0.05, 0.1) is 7.11 Å². The SMILES string of the molecule is COc1c(Cl)ncnc1N1CCN(CCCc2c[nH]c3ccc(F)cc23)C(C)C1. The number of aromatic amines is 1. The van der Waals surface area contributed by atoms with Crippen molar-refractivity contribution in [2.45, 2.75) is 25.8 Å². The van der Waals surface area contributed by atoms with Crippen LogP contribution in [0.25, 0.3) is 10.9 Å². The zero-order valence-corrected chi connectivity index (χ0v) is 17.4. The number of nitrogens with one attached hydrogen (secondary N) is 1. The second kappa shape index (κ2) is 8.55. The van der Waals surface area contributed by atoms with Gasteiger partial charge in [-0.3, -0.25) is 4.90 Å². The van der Waals surface area contributed by atoms with E-state index in [4.69, 9.17) is 16.3 Å². The summed E-state index contributed by atoms with van der Waals surface area (Å²) < 4.78 is 19.0. The molecule has 29 heavy (non-hydrogen) atoms. The first-order valence-corrected chi connectivity index (χ1v) is 10.2. The quantitative estimate of drug-likeness (QED) is 0.616. The normalized spacial score (nSPS) is 17.8. The molecule has 1 aromatic carbocycles. The van der Waals surface area contributed by atoms with Crippen LogP contribution in [0, 0.1) is 5.82 Å². The van der Waals surface area contributed by atoms with E-state index in [1.165, 1.54) is 18.0 Å². The lowest BCUT2D eigenvalue weighted by atomic mass is 10.1. The molecule has 1 aliphatic heterocycles. The second-order valence-electron chi connectivity index (χ2n) is 7.46. The van der Waals surface area contributed by atoms with Crippen molar-refractivity contribution in [3.63, 3.8) is 0 Å². The van der Waals surface area contributed by atoms with Crippen LogP contribution in [-0.4, -0.2) is 59.2 Å². The third kappa shape index (κ3) is 4.16. The van der Waals surface area contributed by atoms with Crippen molar-refractivity contribution >= 4 is 28.3 Å². The van der Waals surface area contributed by atoms with E-state index < -0.39 is 0 Å². The van der Waals surface area contributed by atoms with Gasteiger partial charge in [0.2, 0.25) is 0 Å². The molecule has 3 aromatic rings. The highest BCUT2D eigenvalue weighted by molar-refractivity contribution is 6.31. The van der Waals surface area contributed by atoms with E-state index in [1.807, 2.05) is 6.20 Å². The smallest absolute Gasteiger partial charge is 0.199 e. The van der Waals surface area contributed by atoms with Gasteiger partial charge in [0.1, 0.15) is 12.1 Å². The Hall–Kier alpha value is -2.38. The molecular weight excluding hydrogens is 393 g/mol. The van der Waals surface area contributed by atoms with E-state index in [2.05, 4.69) is 31.7 Å². The molecule has 3 heterocycles. The van der Waals surface area contributed by atoms with Crippen molar-refractivity contribution < 1.29 is 9.13 Å². The Labute approximate surface area is 174 Å². The Bertz CT molecular complexity index is 994. The second-order valence-corrected chi connectivity index (χ2v) is 7.82. The van der Waals surface area contributed by atoms with Gasteiger partial charge in [-0.05, 0) is 50.1 Å². The first kappa shape index (κ1) is 19.9. The molecule has 8 heteroatoms. The maximum Gasteiger partial charge on any atom is 0.199 e. The van der Waals surface area contributed by atoms with Crippen LogP contribution in [0.3, 0.4) is 0 Å². The van der Waals surface area contributed by atoms with Crippen LogP contribution in [0.1, 0.15) is 18.9 Å². The number of hydrogen-bond donors (Lipinski definition) is 1. The summed E-state index contributed by atoms with van der Waals surface area (Å²) in [5.74, 6) is 1.09. The van der Waals surface area contributed by atoms with Crippen molar-refractivity contribution in [2.24, 2.45) is 0 Å². The first-order chi connectivity index (χ1) is 14.1. The lowest BCUT2D eigenvalue weighted by Gasteiger charge is -2.40. The Morgan fingerprint density at radius 1 is 1.31 bits per heavy atom. The van der Waals surface area contributed by atoms with Crippen molar-refractivity contribution in [1.82, 2.24) is 19.9 Å². The van der Waals surface area contributed by atoms with Gasteiger partial charge in [-0.25, -0.2) is 14.4 Å². The number of methoxy groups -OCH3 is 1. The van der Waals surface area contributed by atoms with Gasteiger partial charge in [0, 0.05) is 42.8 Å². The third-order valence-electron chi connectivity index (χ3n) is 5.63. The Balaban J connectivity index is 1.35. The van der Waals surface area contributed by atoms with E-state index in [-0.39, 0.29) is 5.82 Å². The summed E-state index contributed by atoms with van der Waals surface area (Å²) in [5, 5.41) is 1.32. The van der Waals surface area contributed by atoms with E-state index in [1.54, 1.807) is 19.2 Å². The van der Waals surface area contributed by atoms with Crippen molar-refractivity contribution in [1.29, 1.82) is 0 Å². The van der Waals surface area contributed by atoms with Gasteiger partial charge >= 0.3 is 0 Å². The van der Waals surface area contributed by atoms with Crippen LogP contribution in [0.15, 0.2) is 30.7 Å². The summed E-state index contributed by atoms with van der Waals surface area (Å²) in [4.78, 5) is 16.3. The number of anilines is 1. The number of hydrogen-bond acceptors (Lipinski definition) is 5. The molecule has 0 amide bonds. The maximum absolute atomic E-state index is 13.6. The lowest BCUT2D eigenvalue weighted by molar-refractivity contribution is 0.186. The highest BCUT2D eigenvalue weighted by Crippen LogP contribution is 2.32. The summed E-state index contributed by atoms with van der Waals surface area (Å²) in [7, 11) is 1.59. The zero-order valence-electron chi connectivity index (χ0n) is 16.7. The molecule has 154 valence electrons. The molecule has 0 aliphatic carbocycles. The van der Waals surface area contributed by atoms with Crippen molar-refractivity contribution in [3.8, 4) is 5.75 Å². The van der Waals surface area contributed by atoms with Crippen LogP contribution >= 0.6 is 11.6 Å². The summed E-state index contributed by atoms with van der Waals surface area (Å²) in [6.45, 7) is 5.87. The predicted octanol–water partition coefficient (Wildman–Crippen LogP) is 3.90. The minimum atomic E-state index is -0.191. The van der Waals surface area contributed by atoms with Crippen LogP contribution < -0.4 is 9.64 Å². The number of fused-ring (bicyclic) bond motifs is 1. The minimum absolute atomic E-state index is 0.191. The van der Waals surface area contributed by atoms with Gasteiger partial charge in [-0.2, -0.15) is 0 Å². The van der Waals surface area contributed by atoms with Crippen LogP contribution in [-0.2, 0) is 6.42 Å². The molecule has 0 saturated carbocycles. The molecule has 0 bridgehead atoms. The van der Waals surface area contributed by atoms with Gasteiger partial charge in [0.15, 0.2) is 16.7 Å². The molecule has 1 atom stereocenters. The number of ether oxygens (including phenoxy) is 1. The molecule has 1 aliphatic rings. The monoisotopic (exact) mass is 417 g/mol. The summed E-state index contributed by atoms with van der Waals surface area (Å²) in [5.41, 5.74) is 2.16. The molecule has 4 rings (SSSR count). The number of H-pyrrole nitrogens is 1. The van der Waals surface area contributed by atoms with Gasteiger partial charge in [-0.1, -0.05) is 11.6 Å². The largest absolute Gasteiger partial charge is 0.490 e. The van der Waals surface area contributed by atoms with E-state index in [0.717, 1.165) is 55.7 Å². The van der Waals surface area contributed by atoms with Crippen molar-refractivity contribution in [3.05, 3.63) is 47.3 Å².